The normalized spacial score (nSPS) is 13.6. The molecule has 0 spiro atoms. The van der Waals surface area contributed by atoms with Crippen molar-refractivity contribution in [1.29, 1.82) is 0 Å². The predicted molar refractivity (Wildman–Crippen MR) is 189 cm³/mol. The number of unbranched alkanes of at least 4 members (excludes halogenated alkanes) is 23. The lowest BCUT2D eigenvalue weighted by Crippen LogP contribution is -2.46. The first kappa shape index (κ1) is 42.8. The summed E-state index contributed by atoms with van der Waals surface area (Å²) >= 11 is 0. The Labute approximate surface area is 273 Å². The molecule has 0 saturated heterocycles. The van der Waals surface area contributed by atoms with Gasteiger partial charge in [-0.15, -0.1) is 0 Å². The highest BCUT2D eigenvalue weighted by Crippen LogP contribution is 2.14. The molecule has 0 saturated carbocycles. The van der Waals surface area contributed by atoms with Crippen LogP contribution in [0, 0.1) is 0 Å². The molecule has 0 aliphatic rings. The zero-order valence-electron chi connectivity index (χ0n) is 28.8. The van der Waals surface area contributed by atoms with Crippen molar-refractivity contribution in [3.8, 4) is 0 Å². The molecule has 260 valence electrons. The zero-order valence-corrected chi connectivity index (χ0v) is 29.6. The third kappa shape index (κ3) is 32.2. The summed E-state index contributed by atoms with van der Waals surface area (Å²) in [5, 5.41) is 13.2. The van der Waals surface area contributed by atoms with Gasteiger partial charge in [0.05, 0.1) is 17.9 Å². The fourth-order valence-electron chi connectivity index (χ4n) is 5.58. The summed E-state index contributed by atoms with van der Waals surface area (Å²) in [4.78, 5) is 12.4. The molecule has 0 aromatic carbocycles. The van der Waals surface area contributed by atoms with Gasteiger partial charge >= 0.3 is 0 Å². The largest absolute Gasteiger partial charge is 0.387 e. The third-order valence-corrected chi connectivity index (χ3v) is 9.16. The van der Waals surface area contributed by atoms with E-state index < -0.39 is 28.0 Å². The summed E-state index contributed by atoms with van der Waals surface area (Å²) in [6.45, 7) is 4.50. The second-order valence-corrected chi connectivity index (χ2v) is 14.4. The van der Waals surface area contributed by atoms with Gasteiger partial charge in [-0.05, 0) is 32.1 Å². The first-order chi connectivity index (χ1) is 21.3. The Kier molecular flexibility index (Phi) is 30.9. The minimum atomic E-state index is -4.34. The third-order valence-electron chi connectivity index (χ3n) is 8.38. The molecule has 0 aromatic heterocycles. The Balaban J connectivity index is 4.02. The molecule has 0 bridgehead atoms. The van der Waals surface area contributed by atoms with Gasteiger partial charge in [0.1, 0.15) is 0 Å². The van der Waals surface area contributed by atoms with Crippen LogP contribution in [-0.2, 0) is 14.9 Å². The molecule has 0 aliphatic carbocycles. The van der Waals surface area contributed by atoms with E-state index in [9.17, 15) is 22.9 Å². The van der Waals surface area contributed by atoms with Gasteiger partial charge in [-0.3, -0.25) is 9.35 Å². The molecule has 2 atom stereocenters. The van der Waals surface area contributed by atoms with Gasteiger partial charge < -0.3 is 10.4 Å². The first-order valence-corrected chi connectivity index (χ1v) is 20.1. The maximum Gasteiger partial charge on any atom is 0.267 e. The van der Waals surface area contributed by atoms with Crippen molar-refractivity contribution in [1.82, 2.24) is 5.32 Å². The van der Waals surface area contributed by atoms with Crippen molar-refractivity contribution >= 4 is 16.0 Å². The van der Waals surface area contributed by atoms with Crippen molar-refractivity contribution in [2.75, 3.05) is 5.75 Å². The average molecular weight is 642 g/mol. The number of amides is 1. The van der Waals surface area contributed by atoms with Crippen LogP contribution in [0.3, 0.4) is 0 Å². The van der Waals surface area contributed by atoms with E-state index in [0.717, 1.165) is 38.5 Å². The summed E-state index contributed by atoms with van der Waals surface area (Å²) in [5.41, 5.74) is 0. The van der Waals surface area contributed by atoms with Crippen molar-refractivity contribution in [2.24, 2.45) is 0 Å². The van der Waals surface area contributed by atoms with Crippen molar-refractivity contribution < 1.29 is 22.9 Å². The fourth-order valence-corrected chi connectivity index (χ4v) is 6.32. The zero-order chi connectivity index (χ0) is 32.6. The number of carbonyl (C=O) groups excluding carboxylic acids is 1. The van der Waals surface area contributed by atoms with Crippen molar-refractivity contribution in [2.45, 2.75) is 199 Å². The summed E-state index contributed by atoms with van der Waals surface area (Å²) < 4.78 is 32.3. The average Bonchev–Trinajstić information content (AvgIpc) is 2.98. The Hall–Kier alpha value is -1.18. The Morgan fingerprint density at radius 3 is 1.43 bits per heavy atom. The van der Waals surface area contributed by atoms with Gasteiger partial charge in [-0.1, -0.05) is 173 Å². The fraction of sp³-hybridized carbons (Fsp3) is 0.865. The number of hydrogen-bond acceptors (Lipinski definition) is 4. The molecule has 0 aliphatic heterocycles. The number of allylic oxidation sites excluding steroid dienone is 3. The van der Waals surface area contributed by atoms with Gasteiger partial charge in [0.2, 0.25) is 5.91 Å². The molecular weight excluding hydrogens is 570 g/mol. The maximum absolute atomic E-state index is 12.4. The van der Waals surface area contributed by atoms with Crippen LogP contribution in [0.5, 0.6) is 0 Å². The molecule has 0 heterocycles. The van der Waals surface area contributed by atoms with E-state index in [4.69, 9.17) is 0 Å². The minimum absolute atomic E-state index is 0.288. The number of aliphatic hydroxyl groups is 1. The smallest absolute Gasteiger partial charge is 0.267 e. The minimum Gasteiger partial charge on any atom is -0.387 e. The molecule has 2 unspecified atom stereocenters. The lowest BCUT2D eigenvalue weighted by molar-refractivity contribution is -0.122. The number of rotatable bonds is 33. The van der Waals surface area contributed by atoms with Gasteiger partial charge in [-0.2, -0.15) is 8.42 Å². The highest BCUT2D eigenvalue weighted by atomic mass is 32.2. The molecule has 7 heteroatoms. The lowest BCUT2D eigenvalue weighted by Gasteiger charge is -2.21. The summed E-state index contributed by atoms with van der Waals surface area (Å²) in [5.74, 6) is -0.995. The molecule has 0 radical (unpaired) electrons. The van der Waals surface area contributed by atoms with E-state index in [-0.39, 0.29) is 5.91 Å². The van der Waals surface area contributed by atoms with Gasteiger partial charge in [-0.25, -0.2) is 0 Å². The van der Waals surface area contributed by atoms with Crippen molar-refractivity contribution in [3.05, 3.63) is 24.3 Å². The van der Waals surface area contributed by atoms with Crippen LogP contribution in [0.2, 0.25) is 0 Å². The Morgan fingerprint density at radius 2 is 0.977 bits per heavy atom. The Bertz CT molecular complexity index is 796. The highest BCUT2D eigenvalue weighted by Gasteiger charge is 2.24. The standard InChI is InChI=1S/C37H71NO5S/c1-3-5-7-9-11-13-15-17-18-19-20-21-22-24-26-28-30-32-36(39)35(34-44(41,42)43)38-37(40)33-31-29-27-25-23-16-14-12-10-8-6-4-2/h22,24,30,32,35-36,39H,3-21,23,25-29,31,33-34H2,1-2H3,(H,38,40)(H,41,42,43)/b24-22+,32-30+. The number of nitrogens with one attached hydrogen (secondary N) is 1. The van der Waals surface area contributed by atoms with Crippen molar-refractivity contribution in [3.63, 3.8) is 0 Å². The molecular formula is C37H71NO5S. The van der Waals surface area contributed by atoms with Crippen LogP contribution in [0.4, 0.5) is 0 Å². The van der Waals surface area contributed by atoms with E-state index in [1.165, 1.54) is 134 Å². The molecule has 1 amide bonds. The first-order valence-electron chi connectivity index (χ1n) is 18.5. The quantitative estimate of drug-likeness (QED) is 0.0376. The summed E-state index contributed by atoms with van der Waals surface area (Å²) in [6, 6.07) is -1.07. The summed E-state index contributed by atoms with van der Waals surface area (Å²) in [6.07, 6.45) is 38.8. The molecule has 3 N–H and O–H groups in total. The molecule has 44 heavy (non-hydrogen) atoms. The van der Waals surface area contributed by atoms with E-state index in [2.05, 4.69) is 31.3 Å². The topological polar surface area (TPSA) is 104 Å². The predicted octanol–water partition coefficient (Wildman–Crippen LogP) is 10.4. The number of aliphatic hydroxyl groups excluding tert-OH is 1. The molecule has 0 rings (SSSR count). The number of hydrogen-bond donors (Lipinski definition) is 3. The van der Waals surface area contributed by atoms with Crippen LogP contribution >= 0.6 is 0 Å². The SMILES string of the molecule is CCCCCCCCCCCCC/C=C/CC/C=C/C(O)C(CS(=O)(=O)O)NC(=O)CCCCCCCCCCCCCC. The molecule has 6 nitrogen and oxygen atoms in total. The molecule has 0 aromatic rings. The Morgan fingerprint density at radius 1 is 0.591 bits per heavy atom. The lowest BCUT2D eigenvalue weighted by atomic mass is 10.0. The van der Waals surface area contributed by atoms with Gasteiger partial charge in [0, 0.05) is 6.42 Å². The van der Waals surface area contributed by atoms with Crippen LogP contribution in [-0.4, -0.2) is 41.9 Å². The number of carbonyl (C=O) groups is 1. The second kappa shape index (κ2) is 31.8. The second-order valence-electron chi connectivity index (χ2n) is 12.9. The van der Waals surface area contributed by atoms with E-state index in [1.807, 2.05) is 6.08 Å². The van der Waals surface area contributed by atoms with Crippen LogP contribution in [0.15, 0.2) is 24.3 Å². The maximum atomic E-state index is 12.4. The van der Waals surface area contributed by atoms with E-state index in [0.29, 0.717) is 6.42 Å². The highest BCUT2D eigenvalue weighted by molar-refractivity contribution is 7.85. The molecule has 0 fully saturated rings. The van der Waals surface area contributed by atoms with E-state index in [1.54, 1.807) is 0 Å². The van der Waals surface area contributed by atoms with E-state index >= 15 is 0 Å². The monoisotopic (exact) mass is 642 g/mol. The van der Waals surface area contributed by atoms with Crippen LogP contribution in [0.1, 0.15) is 187 Å². The van der Waals surface area contributed by atoms with Gasteiger partial charge in [0.25, 0.3) is 10.1 Å². The van der Waals surface area contributed by atoms with Gasteiger partial charge in [0.15, 0.2) is 0 Å². The van der Waals surface area contributed by atoms with Crippen LogP contribution in [0.25, 0.3) is 0 Å². The van der Waals surface area contributed by atoms with Crippen LogP contribution < -0.4 is 5.32 Å². The summed E-state index contributed by atoms with van der Waals surface area (Å²) in [7, 11) is -4.34.